The molecule has 0 aliphatic rings. The monoisotopic (exact) mass is 315 g/mol. The average molecular weight is 315 g/mol. The summed E-state index contributed by atoms with van der Waals surface area (Å²) in [5.74, 6) is 0. The zero-order valence-electron chi connectivity index (χ0n) is 14.5. The number of hydrogen-bond donors (Lipinski definition) is 0. The van der Waals surface area contributed by atoms with E-state index in [4.69, 9.17) is 0 Å². The van der Waals surface area contributed by atoms with E-state index in [0.717, 1.165) is 13.0 Å². The Labute approximate surface area is 145 Å². The van der Waals surface area contributed by atoms with Crippen molar-refractivity contribution in [1.82, 2.24) is 4.90 Å². The van der Waals surface area contributed by atoms with Crippen LogP contribution in [0.2, 0.25) is 0 Å². The maximum atomic E-state index is 2.27. The number of hydrogen-bond acceptors (Lipinski definition) is 1. The van der Waals surface area contributed by atoms with Gasteiger partial charge in [0, 0.05) is 5.41 Å². The zero-order chi connectivity index (χ0) is 16.8. The Balaban J connectivity index is 2.24. The van der Waals surface area contributed by atoms with Gasteiger partial charge in [0.2, 0.25) is 0 Å². The van der Waals surface area contributed by atoms with Crippen molar-refractivity contribution in [2.24, 2.45) is 0 Å². The molecule has 0 aromatic heterocycles. The van der Waals surface area contributed by atoms with Gasteiger partial charge in [0.15, 0.2) is 0 Å². The molecule has 122 valence electrons. The maximum absolute atomic E-state index is 2.27. The summed E-state index contributed by atoms with van der Waals surface area (Å²) in [7, 11) is 4.29. The molecule has 0 spiro atoms. The van der Waals surface area contributed by atoms with E-state index in [-0.39, 0.29) is 5.41 Å². The molecule has 0 amide bonds. The lowest BCUT2D eigenvalue weighted by molar-refractivity contribution is 0.365. The lowest BCUT2D eigenvalue weighted by atomic mass is 9.67. The van der Waals surface area contributed by atoms with Gasteiger partial charge in [-0.2, -0.15) is 0 Å². The fourth-order valence-electron chi connectivity index (χ4n) is 3.49. The minimum Gasteiger partial charge on any atom is -0.309 e. The second-order valence-electron chi connectivity index (χ2n) is 6.56. The minimum absolute atomic E-state index is 0.131. The fourth-order valence-corrected chi connectivity index (χ4v) is 3.49. The highest BCUT2D eigenvalue weighted by Crippen LogP contribution is 2.42. The molecule has 0 aliphatic carbocycles. The molecule has 0 heterocycles. The summed E-state index contributed by atoms with van der Waals surface area (Å²) in [5, 5.41) is 0. The standard InChI is InChI=1S/C23H25N/c1-24(2)19-18-23(20-12-6-3-7-13-20,21-14-8-4-9-15-21)22-16-10-5-11-17-22/h3-17H,18-19H2,1-2H3. The van der Waals surface area contributed by atoms with Gasteiger partial charge < -0.3 is 4.90 Å². The first-order valence-electron chi connectivity index (χ1n) is 8.55. The molecule has 3 aromatic carbocycles. The number of rotatable bonds is 6. The Morgan fingerprint density at radius 3 is 1.21 bits per heavy atom. The Kier molecular flexibility index (Phi) is 5.12. The predicted molar refractivity (Wildman–Crippen MR) is 102 cm³/mol. The molecule has 1 nitrogen and oxygen atoms in total. The summed E-state index contributed by atoms with van der Waals surface area (Å²) in [6.45, 7) is 1.03. The summed E-state index contributed by atoms with van der Waals surface area (Å²) in [4.78, 5) is 2.27. The molecular formula is C23H25N. The van der Waals surface area contributed by atoms with Crippen molar-refractivity contribution >= 4 is 0 Å². The molecule has 0 N–H and O–H groups in total. The van der Waals surface area contributed by atoms with Crippen molar-refractivity contribution in [1.29, 1.82) is 0 Å². The van der Waals surface area contributed by atoms with Crippen LogP contribution in [0.15, 0.2) is 91.0 Å². The van der Waals surface area contributed by atoms with E-state index in [1.807, 2.05) is 0 Å². The third-order valence-corrected chi connectivity index (χ3v) is 4.73. The maximum Gasteiger partial charge on any atom is 0.0463 e. The first kappa shape index (κ1) is 16.5. The van der Waals surface area contributed by atoms with Crippen molar-refractivity contribution in [3.05, 3.63) is 108 Å². The van der Waals surface area contributed by atoms with Gasteiger partial charge in [-0.05, 0) is 43.8 Å². The summed E-state index contributed by atoms with van der Waals surface area (Å²) in [6.07, 6.45) is 1.04. The summed E-state index contributed by atoms with van der Waals surface area (Å²) < 4.78 is 0. The molecule has 3 rings (SSSR count). The van der Waals surface area contributed by atoms with Gasteiger partial charge in [-0.3, -0.25) is 0 Å². The van der Waals surface area contributed by atoms with Crippen LogP contribution in [0.25, 0.3) is 0 Å². The predicted octanol–water partition coefficient (Wildman–Crippen LogP) is 4.97. The highest BCUT2D eigenvalue weighted by atomic mass is 15.0. The highest BCUT2D eigenvalue weighted by molar-refractivity contribution is 5.50. The molecule has 0 saturated carbocycles. The minimum atomic E-state index is -0.131. The van der Waals surface area contributed by atoms with E-state index in [1.54, 1.807) is 0 Å². The molecular weight excluding hydrogens is 290 g/mol. The van der Waals surface area contributed by atoms with Gasteiger partial charge >= 0.3 is 0 Å². The number of nitrogens with zero attached hydrogens (tertiary/aromatic N) is 1. The lowest BCUT2D eigenvalue weighted by Crippen LogP contribution is -2.33. The summed E-state index contributed by atoms with van der Waals surface area (Å²) >= 11 is 0. The van der Waals surface area contributed by atoms with Crippen LogP contribution in [0.1, 0.15) is 23.1 Å². The molecule has 3 aromatic rings. The molecule has 0 unspecified atom stereocenters. The molecule has 24 heavy (non-hydrogen) atoms. The fraction of sp³-hybridized carbons (Fsp3) is 0.217. The highest BCUT2D eigenvalue weighted by Gasteiger charge is 2.35. The Morgan fingerprint density at radius 2 is 0.917 bits per heavy atom. The van der Waals surface area contributed by atoms with E-state index in [2.05, 4.69) is 110 Å². The molecule has 0 aliphatic heterocycles. The SMILES string of the molecule is CN(C)CCC(c1ccccc1)(c1ccccc1)c1ccccc1. The van der Waals surface area contributed by atoms with Crippen molar-refractivity contribution in [2.75, 3.05) is 20.6 Å². The molecule has 1 heteroatoms. The summed E-state index contributed by atoms with van der Waals surface area (Å²) in [6, 6.07) is 32.7. The van der Waals surface area contributed by atoms with Crippen LogP contribution in [0.3, 0.4) is 0 Å². The Morgan fingerprint density at radius 1 is 0.583 bits per heavy atom. The van der Waals surface area contributed by atoms with E-state index in [1.165, 1.54) is 16.7 Å². The van der Waals surface area contributed by atoms with E-state index < -0.39 is 0 Å². The van der Waals surface area contributed by atoms with Crippen molar-refractivity contribution < 1.29 is 0 Å². The van der Waals surface area contributed by atoms with Crippen LogP contribution >= 0.6 is 0 Å². The van der Waals surface area contributed by atoms with Crippen molar-refractivity contribution in [3.8, 4) is 0 Å². The Hall–Kier alpha value is -2.38. The normalized spacial score (nSPS) is 11.6. The van der Waals surface area contributed by atoms with Crippen LogP contribution in [0, 0.1) is 0 Å². The second kappa shape index (κ2) is 7.46. The topological polar surface area (TPSA) is 3.24 Å². The quantitative estimate of drug-likeness (QED) is 0.580. The van der Waals surface area contributed by atoms with E-state index in [9.17, 15) is 0 Å². The van der Waals surface area contributed by atoms with Gasteiger partial charge in [0.25, 0.3) is 0 Å². The van der Waals surface area contributed by atoms with Crippen LogP contribution in [0.4, 0.5) is 0 Å². The molecule has 0 bridgehead atoms. The molecule has 0 fully saturated rings. The van der Waals surface area contributed by atoms with Crippen molar-refractivity contribution in [2.45, 2.75) is 11.8 Å². The lowest BCUT2D eigenvalue weighted by Gasteiger charge is -2.37. The van der Waals surface area contributed by atoms with Crippen LogP contribution in [-0.4, -0.2) is 25.5 Å². The molecule has 0 atom stereocenters. The van der Waals surface area contributed by atoms with Crippen molar-refractivity contribution in [3.63, 3.8) is 0 Å². The molecule has 0 saturated heterocycles. The third kappa shape index (κ3) is 3.27. The first-order valence-corrected chi connectivity index (χ1v) is 8.55. The molecule has 0 radical (unpaired) electrons. The average Bonchev–Trinajstić information content (AvgIpc) is 2.65. The van der Waals surface area contributed by atoms with Crippen LogP contribution < -0.4 is 0 Å². The first-order chi connectivity index (χ1) is 11.7. The van der Waals surface area contributed by atoms with Crippen LogP contribution in [0.5, 0.6) is 0 Å². The van der Waals surface area contributed by atoms with Crippen LogP contribution in [-0.2, 0) is 5.41 Å². The number of benzene rings is 3. The van der Waals surface area contributed by atoms with Gasteiger partial charge in [0.05, 0.1) is 0 Å². The van der Waals surface area contributed by atoms with E-state index in [0.29, 0.717) is 0 Å². The largest absolute Gasteiger partial charge is 0.309 e. The summed E-state index contributed by atoms with van der Waals surface area (Å²) in [5.41, 5.74) is 3.92. The smallest absolute Gasteiger partial charge is 0.0463 e. The van der Waals surface area contributed by atoms with Gasteiger partial charge in [0.1, 0.15) is 0 Å². The van der Waals surface area contributed by atoms with Gasteiger partial charge in [-0.15, -0.1) is 0 Å². The third-order valence-electron chi connectivity index (χ3n) is 4.73. The second-order valence-corrected chi connectivity index (χ2v) is 6.56. The Bertz CT molecular complexity index is 636. The van der Waals surface area contributed by atoms with Gasteiger partial charge in [-0.1, -0.05) is 91.0 Å². The zero-order valence-corrected chi connectivity index (χ0v) is 14.5. The van der Waals surface area contributed by atoms with Gasteiger partial charge in [-0.25, -0.2) is 0 Å². The van der Waals surface area contributed by atoms with E-state index >= 15 is 0 Å².